The molecule has 1 heterocycles. The third-order valence-electron chi connectivity index (χ3n) is 5.04. The van der Waals surface area contributed by atoms with Crippen LogP contribution in [0.3, 0.4) is 0 Å². The summed E-state index contributed by atoms with van der Waals surface area (Å²) in [7, 11) is 1.70. The molecule has 2 aromatic carbocycles. The summed E-state index contributed by atoms with van der Waals surface area (Å²) in [5.41, 5.74) is 4.11. The van der Waals surface area contributed by atoms with E-state index in [-0.39, 0.29) is 6.04 Å². The van der Waals surface area contributed by atoms with Crippen LogP contribution in [0.1, 0.15) is 35.2 Å². The molecule has 1 fully saturated rings. The SMILES string of the molecule is COc1ccc([C@@H]2NC(=S)N[C@H]3c4ccccc4CC[C@H]23)cc1. The monoisotopic (exact) mass is 324 g/mol. The molecular weight excluding hydrogens is 304 g/mol. The topological polar surface area (TPSA) is 33.3 Å². The molecule has 2 aliphatic rings. The molecule has 0 bridgehead atoms. The van der Waals surface area contributed by atoms with Gasteiger partial charge >= 0.3 is 0 Å². The first kappa shape index (κ1) is 14.5. The number of thiocarbonyl (C=S) groups is 1. The van der Waals surface area contributed by atoms with E-state index in [0.29, 0.717) is 12.0 Å². The van der Waals surface area contributed by atoms with Crippen LogP contribution in [-0.4, -0.2) is 12.2 Å². The van der Waals surface area contributed by atoms with Crippen molar-refractivity contribution in [3.8, 4) is 5.75 Å². The van der Waals surface area contributed by atoms with Gasteiger partial charge in [0.05, 0.1) is 19.2 Å². The van der Waals surface area contributed by atoms with Crippen LogP contribution in [0.5, 0.6) is 5.75 Å². The van der Waals surface area contributed by atoms with Crippen molar-refractivity contribution < 1.29 is 4.74 Å². The molecule has 0 spiro atoms. The van der Waals surface area contributed by atoms with Gasteiger partial charge in [-0.3, -0.25) is 0 Å². The van der Waals surface area contributed by atoms with Crippen molar-refractivity contribution in [1.29, 1.82) is 0 Å². The van der Waals surface area contributed by atoms with E-state index in [1.54, 1.807) is 7.11 Å². The van der Waals surface area contributed by atoms with E-state index in [0.717, 1.165) is 23.7 Å². The second-order valence-electron chi connectivity index (χ2n) is 6.25. The lowest BCUT2D eigenvalue weighted by Crippen LogP contribution is -2.53. The first-order valence-corrected chi connectivity index (χ1v) is 8.46. The molecule has 0 saturated carbocycles. The van der Waals surface area contributed by atoms with Crippen LogP contribution >= 0.6 is 12.2 Å². The number of aryl methyl sites for hydroxylation is 1. The Labute approximate surface area is 142 Å². The van der Waals surface area contributed by atoms with E-state index in [9.17, 15) is 0 Å². The summed E-state index contributed by atoms with van der Waals surface area (Å²) >= 11 is 5.48. The van der Waals surface area contributed by atoms with Gasteiger partial charge in [0.1, 0.15) is 5.75 Å². The Bertz CT molecular complexity index is 728. The lowest BCUT2D eigenvalue weighted by molar-refractivity contribution is 0.257. The van der Waals surface area contributed by atoms with Gasteiger partial charge in [0.25, 0.3) is 0 Å². The zero-order valence-corrected chi connectivity index (χ0v) is 13.9. The summed E-state index contributed by atoms with van der Waals surface area (Å²) in [6.45, 7) is 0. The number of ether oxygens (including phenoxy) is 1. The Morgan fingerprint density at radius 2 is 1.74 bits per heavy atom. The van der Waals surface area contributed by atoms with Crippen LogP contribution in [-0.2, 0) is 6.42 Å². The molecule has 0 aromatic heterocycles. The van der Waals surface area contributed by atoms with Crippen LogP contribution in [0.15, 0.2) is 48.5 Å². The summed E-state index contributed by atoms with van der Waals surface area (Å²) in [4.78, 5) is 0. The molecular formula is C19H20N2OS. The number of hydrogen-bond acceptors (Lipinski definition) is 2. The minimum Gasteiger partial charge on any atom is -0.497 e. The maximum Gasteiger partial charge on any atom is 0.167 e. The van der Waals surface area contributed by atoms with Crippen LogP contribution in [0, 0.1) is 5.92 Å². The van der Waals surface area contributed by atoms with Crippen LogP contribution < -0.4 is 15.4 Å². The Balaban J connectivity index is 1.70. The molecule has 0 unspecified atom stereocenters. The van der Waals surface area contributed by atoms with Gasteiger partial charge in [-0.25, -0.2) is 0 Å². The van der Waals surface area contributed by atoms with E-state index < -0.39 is 0 Å². The molecule has 3 atom stereocenters. The summed E-state index contributed by atoms with van der Waals surface area (Å²) in [5, 5.41) is 7.71. The molecule has 4 heteroatoms. The molecule has 4 rings (SSSR count). The van der Waals surface area contributed by atoms with E-state index >= 15 is 0 Å². The predicted molar refractivity (Wildman–Crippen MR) is 95.6 cm³/mol. The van der Waals surface area contributed by atoms with E-state index in [2.05, 4.69) is 47.0 Å². The van der Waals surface area contributed by atoms with Crippen LogP contribution in [0.2, 0.25) is 0 Å². The highest BCUT2D eigenvalue weighted by atomic mass is 32.1. The molecule has 2 N–H and O–H groups in total. The third kappa shape index (κ3) is 2.57. The van der Waals surface area contributed by atoms with Gasteiger partial charge in [-0.2, -0.15) is 0 Å². The third-order valence-corrected chi connectivity index (χ3v) is 5.28. The summed E-state index contributed by atoms with van der Waals surface area (Å²) in [6.07, 6.45) is 2.28. The lowest BCUT2D eigenvalue weighted by Gasteiger charge is -2.44. The zero-order chi connectivity index (χ0) is 15.8. The van der Waals surface area contributed by atoms with Crippen molar-refractivity contribution in [3.05, 3.63) is 65.2 Å². The maximum absolute atomic E-state index is 5.48. The van der Waals surface area contributed by atoms with Crippen LogP contribution in [0.25, 0.3) is 0 Å². The normalized spacial score (nSPS) is 25.6. The highest BCUT2D eigenvalue weighted by molar-refractivity contribution is 7.80. The first-order valence-electron chi connectivity index (χ1n) is 8.05. The van der Waals surface area contributed by atoms with Gasteiger partial charge in [-0.15, -0.1) is 0 Å². The summed E-state index contributed by atoms with van der Waals surface area (Å²) in [5.74, 6) is 1.38. The van der Waals surface area contributed by atoms with Crippen LogP contribution in [0.4, 0.5) is 0 Å². The van der Waals surface area contributed by atoms with Crippen molar-refractivity contribution in [2.45, 2.75) is 24.9 Å². The van der Waals surface area contributed by atoms with Gasteiger partial charge in [0.15, 0.2) is 5.11 Å². The molecule has 118 valence electrons. The van der Waals surface area contributed by atoms with Gasteiger partial charge in [-0.05, 0) is 53.9 Å². The van der Waals surface area contributed by atoms with Crippen molar-refractivity contribution >= 4 is 17.3 Å². The fourth-order valence-electron chi connectivity index (χ4n) is 3.90. The summed E-state index contributed by atoms with van der Waals surface area (Å²) < 4.78 is 5.27. The van der Waals surface area contributed by atoms with Crippen molar-refractivity contribution in [2.75, 3.05) is 7.11 Å². The molecule has 2 aromatic rings. The maximum atomic E-state index is 5.48. The summed E-state index contributed by atoms with van der Waals surface area (Å²) in [6, 6.07) is 17.6. The lowest BCUT2D eigenvalue weighted by atomic mass is 9.73. The average molecular weight is 324 g/mol. The zero-order valence-electron chi connectivity index (χ0n) is 13.1. The Morgan fingerprint density at radius 1 is 1.00 bits per heavy atom. The quantitative estimate of drug-likeness (QED) is 0.828. The minimum atomic E-state index is 0.244. The minimum absolute atomic E-state index is 0.244. The fraction of sp³-hybridized carbons (Fsp3) is 0.316. The average Bonchev–Trinajstić information content (AvgIpc) is 2.61. The highest BCUT2D eigenvalue weighted by Gasteiger charge is 2.39. The molecule has 0 radical (unpaired) electrons. The van der Waals surface area contributed by atoms with Crippen molar-refractivity contribution in [2.24, 2.45) is 5.92 Å². The molecule has 0 amide bonds. The Kier molecular flexibility index (Phi) is 3.69. The van der Waals surface area contributed by atoms with E-state index in [4.69, 9.17) is 17.0 Å². The molecule has 23 heavy (non-hydrogen) atoms. The van der Waals surface area contributed by atoms with Crippen molar-refractivity contribution in [1.82, 2.24) is 10.6 Å². The van der Waals surface area contributed by atoms with Gasteiger partial charge < -0.3 is 15.4 Å². The second-order valence-corrected chi connectivity index (χ2v) is 6.66. The molecule has 3 nitrogen and oxygen atoms in total. The fourth-order valence-corrected chi connectivity index (χ4v) is 4.16. The standard InChI is InChI=1S/C19H20N2OS/c1-22-14-9-6-13(7-10-14)17-16-11-8-12-4-2-3-5-15(12)18(16)21-19(23)20-17/h2-7,9-10,16-18H,8,11H2,1H3,(H2,20,21,23)/t16-,17+,18+/m1/s1. The number of hydrogen-bond donors (Lipinski definition) is 2. The molecule has 1 aliphatic heterocycles. The smallest absolute Gasteiger partial charge is 0.167 e. The number of methoxy groups -OCH3 is 1. The van der Waals surface area contributed by atoms with E-state index in [1.165, 1.54) is 16.7 Å². The molecule has 1 aliphatic carbocycles. The number of fused-ring (bicyclic) bond motifs is 3. The Morgan fingerprint density at radius 3 is 2.52 bits per heavy atom. The number of nitrogens with one attached hydrogen (secondary N) is 2. The van der Waals surface area contributed by atoms with Crippen molar-refractivity contribution in [3.63, 3.8) is 0 Å². The molecule has 1 saturated heterocycles. The largest absolute Gasteiger partial charge is 0.497 e. The number of benzene rings is 2. The number of rotatable bonds is 2. The van der Waals surface area contributed by atoms with Gasteiger partial charge in [0, 0.05) is 5.92 Å². The highest BCUT2D eigenvalue weighted by Crippen LogP contribution is 2.43. The Hall–Kier alpha value is -2.07. The second kappa shape index (κ2) is 5.85. The first-order chi connectivity index (χ1) is 11.3. The van der Waals surface area contributed by atoms with Gasteiger partial charge in [0.2, 0.25) is 0 Å². The van der Waals surface area contributed by atoms with E-state index in [1.807, 2.05) is 12.1 Å². The predicted octanol–water partition coefficient (Wildman–Crippen LogP) is 3.52. The van der Waals surface area contributed by atoms with Gasteiger partial charge in [-0.1, -0.05) is 36.4 Å².